The van der Waals surface area contributed by atoms with Gasteiger partial charge in [0, 0.05) is 10.9 Å². The number of aromatic hydroxyl groups is 1. The van der Waals surface area contributed by atoms with Crippen LogP contribution in [0.1, 0.15) is 5.56 Å². The molecule has 0 radical (unpaired) electrons. The van der Waals surface area contributed by atoms with Gasteiger partial charge in [0.25, 0.3) is 0 Å². The molecule has 0 saturated heterocycles. The first kappa shape index (κ1) is 8.97. The van der Waals surface area contributed by atoms with E-state index >= 15 is 0 Å². The van der Waals surface area contributed by atoms with E-state index in [-0.39, 0.29) is 18.0 Å². The van der Waals surface area contributed by atoms with E-state index in [1.165, 1.54) is 17.4 Å². The number of nitriles is 1. The van der Waals surface area contributed by atoms with Crippen LogP contribution in [0.4, 0.5) is 4.39 Å². The highest BCUT2D eigenvalue weighted by Crippen LogP contribution is 2.34. The van der Waals surface area contributed by atoms with E-state index in [9.17, 15) is 9.50 Å². The van der Waals surface area contributed by atoms with E-state index in [1.807, 2.05) is 6.07 Å². The Hall–Kier alpha value is -1.60. The quantitative estimate of drug-likeness (QED) is 0.781. The lowest BCUT2D eigenvalue weighted by Crippen LogP contribution is -1.86. The second-order valence-corrected chi connectivity index (χ2v) is 3.78. The average molecular weight is 207 g/mol. The smallest absolute Gasteiger partial charge is 0.141 e. The minimum atomic E-state index is -0.377. The number of nitrogens with zero attached hydrogens (tertiary/aromatic N) is 1. The van der Waals surface area contributed by atoms with Crippen molar-refractivity contribution in [3.8, 4) is 11.8 Å². The van der Waals surface area contributed by atoms with Crippen molar-refractivity contribution >= 4 is 21.4 Å². The van der Waals surface area contributed by atoms with Crippen LogP contribution in [-0.2, 0) is 6.42 Å². The summed E-state index contributed by atoms with van der Waals surface area (Å²) in [6.07, 6.45) is 0.0224. The number of rotatable bonds is 1. The second kappa shape index (κ2) is 3.28. The third-order valence-electron chi connectivity index (χ3n) is 2.01. The highest BCUT2D eigenvalue weighted by atomic mass is 32.1. The summed E-state index contributed by atoms with van der Waals surface area (Å²) < 4.78 is 13.8. The van der Waals surface area contributed by atoms with Crippen LogP contribution in [-0.4, -0.2) is 5.11 Å². The summed E-state index contributed by atoms with van der Waals surface area (Å²) in [5.41, 5.74) is 0.343. The van der Waals surface area contributed by atoms with Gasteiger partial charge in [0.15, 0.2) is 0 Å². The number of hydrogen-bond donors (Lipinski definition) is 1. The Morgan fingerprint density at radius 1 is 1.57 bits per heavy atom. The van der Waals surface area contributed by atoms with Gasteiger partial charge in [-0.3, -0.25) is 0 Å². The van der Waals surface area contributed by atoms with Crippen molar-refractivity contribution in [1.29, 1.82) is 5.26 Å². The molecule has 2 nitrogen and oxygen atoms in total. The van der Waals surface area contributed by atoms with Crippen molar-refractivity contribution in [1.82, 2.24) is 0 Å². The predicted octanol–water partition coefficient (Wildman–Crippen LogP) is 2.81. The van der Waals surface area contributed by atoms with Crippen LogP contribution in [0.15, 0.2) is 17.5 Å². The van der Waals surface area contributed by atoms with Crippen molar-refractivity contribution < 1.29 is 9.50 Å². The molecule has 0 aliphatic carbocycles. The van der Waals surface area contributed by atoms with Gasteiger partial charge in [0.05, 0.1) is 17.2 Å². The fourth-order valence-corrected chi connectivity index (χ4v) is 2.16. The molecule has 1 aromatic heterocycles. The summed E-state index contributed by atoms with van der Waals surface area (Å²) >= 11 is 1.24. The summed E-state index contributed by atoms with van der Waals surface area (Å²) in [4.78, 5) is 0. The highest BCUT2D eigenvalue weighted by molar-refractivity contribution is 7.17. The van der Waals surface area contributed by atoms with Gasteiger partial charge in [0.1, 0.15) is 11.6 Å². The van der Waals surface area contributed by atoms with Gasteiger partial charge in [-0.2, -0.15) is 5.26 Å². The van der Waals surface area contributed by atoms with Gasteiger partial charge in [-0.25, -0.2) is 4.39 Å². The largest absolute Gasteiger partial charge is 0.507 e. The third kappa shape index (κ3) is 1.22. The van der Waals surface area contributed by atoms with Gasteiger partial charge >= 0.3 is 0 Å². The molecule has 0 aliphatic rings. The fraction of sp³-hybridized carbons (Fsp3) is 0.100. The molecule has 0 saturated carbocycles. The Kier molecular flexibility index (Phi) is 2.10. The molecule has 2 aromatic rings. The number of hydrogen-bond acceptors (Lipinski definition) is 3. The summed E-state index contributed by atoms with van der Waals surface area (Å²) in [5, 5.41) is 20.4. The van der Waals surface area contributed by atoms with Crippen LogP contribution in [0.2, 0.25) is 0 Å². The molecular weight excluding hydrogens is 201 g/mol. The fourth-order valence-electron chi connectivity index (χ4n) is 1.36. The summed E-state index contributed by atoms with van der Waals surface area (Å²) in [6.45, 7) is 0. The predicted molar refractivity (Wildman–Crippen MR) is 52.8 cm³/mol. The van der Waals surface area contributed by atoms with Gasteiger partial charge in [-0.05, 0) is 17.5 Å². The Labute approximate surface area is 83.8 Å². The van der Waals surface area contributed by atoms with Gasteiger partial charge in [-0.15, -0.1) is 11.3 Å². The average Bonchev–Trinajstić information content (AvgIpc) is 2.63. The van der Waals surface area contributed by atoms with Gasteiger partial charge < -0.3 is 5.11 Å². The van der Waals surface area contributed by atoms with Gasteiger partial charge in [-0.1, -0.05) is 0 Å². The molecule has 14 heavy (non-hydrogen) atoms. The summed E-state index contributed by atoms with van der Waals surface area (Å²) in [7, 11) is 0. The second-order valence-electron chi connectivity index (χ2n) is 2.86. The zero-order valence-electron chi connectivity index (χ0n) is 7.12. The molecule has 0 atom stereocenters. The van der Waals surface area contributed by atoms with Crippen molar-refractivity contribution in [3.05, 3.63) is 28.9 Å². The molecule has 2 rings (SSSR count). The van der Waals surface area contributed by atoms with E-state index in [1.54, 1.807) is 11.4 Å². The van der Waals surface area contributed by atoms with Crippen LogP contribution in [0.5, 0.6) is 5.75 Å². The molecule has 1 N–H and O–H groups in total. The molecule has 1 aromatic carbocycles. The van der Waals surface area contributed by atoms with E-state index in [4.69, 9.17) is 5.26 Å². The number of thiophene rings is 1. The first-order chi connectivity index (χ1) is 6.74. The molecule has 0 bridgehead atoms. The number of fused-ring (bicyclic) bond motifs is 1. The van der Waals surface area contributed by atoms with Crippen molar-refractivity contribution in [2.75, 3.05) is 0 Å². The zero-order valence-corrected chi connectivity index (χ0v) is 7.94. The Morgan fingerprint density at radius 2 is 2.36 bits per heavy atom. The molecule has 0 amide bonds. The molecule has 0 aliphatic heterocycles. The highest BCUT2D eigenvalue weighted by Gasteiger charge is 2.11. The first-order valence-electron chi connectivity index (χ1n) is 3.98. The summed E-state index contributed by atoms with van der Waals surface area (Å²) in [5.74, 6) is -0.359. The molecule has 0 spiro atoms. The lowest BCUT2D eigenvalue weighted by molar-refractivity contribution is 0.475. The number of phenolic OH excluding ortho intramolecular Hbond substituents is 1. The van der Waals surface area contributed by atoms with Crippen LogP contribution >= 0.6 is 11.3 Å². The van der Waals surface area contributed by atoms with E-state index in [0.717, 1.165) is 0 Å². The molecule has 4 heteroatoms. The molecule has 1 heterocycles. The van der Waals surface area contributed by atoms with Gasteiger partial charge in [0.2, 0.25) is 0 Å². The number of halogens is 1. The Balaban J connectivity index is 2.76. The standard InChI is InChI=1S/C10H6FNOS/c11-8-5-6(1-3-12)9(13)7-2-4-14-10(7)8/h2,4-5,13H,1H2. The van der Waals surface area contributed by atoms with E-state index < -0.39 is 0 Å². The maximum Gasteiger partial charge on any atom is 0.141 e. The van der Waals surface area contributed by atoms with Crippen molar-refractivity contribution in [3.63, 3.8) is 0 Å². The molecule has 0 fully saturated rings. The molecule has 0 unspecified atom stereocenters. The van der Waals surface area contributed by atoms with Crippen molar-refractivity contribution in [2.45, 2.75) is 6.42 Å². The van der Waals surface area contributed by atoms with E-state index in [0.29, 0.717) is 15.6 Å². The van der Waals surface area contributed by atoms with Crippen LogP contribution in [0.25, 0.3) is 10.1 Å². The maximum absolute atomic E-state index is 13.4. The van der Waals surface area contributed by atoms with Crippen LogP contribution in [0, 0.1) is 17.1 Å². The van der Waals surface area contributed by atoms with Crippen LogP contribution < -0.4 is 0 Å². The van der Waals surface area contributed by atoms with E-state index in [2.05, 4.69) is 0 Å². The minimum Gasteiger partial charge on any atom is -0.507 e. The minimum absolute atomic E-state index is 0.0178. The Morgan fingerprint density at radius 3 is 3.07 bits per heavy atom. The molecule has 70 valence electrons. The maximum atomic E-state index is 13.4. The number of benzene rings is 1. The topological polar surface area (TPSA) is 44.0 Å². The monoisotopic (exact) mass is 207 g/mol. The SMILES string of the molecule is N#CCc1cc(F)c2sccc2c1O. The number of phenols is 1. The van der Waals surface area contributed by atoms with Crippen LogP contribution in [0.3, 0.4) is 0 Å². The normalized spacial score (nSPS) is 10.3. The van der Waals surface area contributed by atoms with Crippen molar-refractivity contribution in [2.24, 2.45) is 0 Å². The first-order valence-corrected chi connectivity index (χ1v) is 4.86. The third-order valence-corrected chi connectivity index (χ3v) is 2.93. The zero-order chi connectivity index (χ0) is 10.1. The lowest BCUT2D eigenvalue weighted by atomic mass is 10.1. The summed E-state index contributed by atoms with van der Waals surface area (Å²) in [6, 6.07) is 4.76. The molecular formula is C10H6FNOS. The lowest BCUT2D eigenvalue weighted by Gasteiger charge is -2.02. The Bertz CT molecular complexity index is 527.